The van der Waals surface area contributed by atoms with Gasteiger partial charge in [0, 0.05) is 11.6 Å². The zero-order valence-corrected chi connectivity index (χ0v) is 11.7. The molecule has 1 aliphatic rings. The molecule has 1 aromatic rings. The van der Waals surface area contributed by atoms with Gasteiger partial charge in [0.15, 0.2) is 5.78 Å². The third-order valence-electron chi connectivity index (χ3n) is 4.17. The lowest BCUT2D eigenvalue weighted by Crippen LogP contribution is -2.41. The third-order valence-corrected chi connectivity index (χ3v) is 4.17. The topological polar surface area (TPSA) is 20.3 Å². The number of Topliss-reactive ketones (excluding diaryl/α,β-unsaturated/α-hetero) is 1. The molecule has 2 unspecified atom stereocenters. The quantitative estimate of drug-likeness (QED) is 0.775. The first-order chi connectivity index (χ1) is 9.08. The maximum absolute atomic E-state index is 13.1. The van der Waals surface area contributed by atoms with Crippen molar-refractivity contribution in [3.8, 4) is 0 Å². The van der Waals surface area contributed by atoms with E-state index in [1.165, 1.54) is 31.4 Å². The van der Waals surface area contributed by atoms with E-state index < -0.39 is 0 Å². The summed E-state index contributed by atoms with van der Waals surface area (Å²) >= 11 is 0. The van der Waals surface area contributed by atoms with Gasteiger partial charge in [-0.3, -0.25) is 9.69 Å². The van der Waals surface area contributed by atoms with Crippen molar-refractivity contribution in [1.29, 1.82) is 0 Å². The van der Waals surface area contributed by atoms with E-state index in [9.17, 15) is 9.18 Å². The fourth-order valence-electron chi connectivity index (χ4n) is 3.05. The number of carbonyl (C=O) groups excluding carboxylic acids is 1. The number of halogens is 1. The number of hydrogen-bond acceptors (Lipinski definition) is 2. The van der Waals surface area contributed by atoms with Gasteiger partial charge in [-0.2, -0.15) is 0 Å². The second-order valence-corrected chi connectivity index (χ2v) is 5.68. The molecule has 1 aliphatic carbocycles. The lowest BCUT2D eigenvalue weighted by molar-refractivity contribution is 0.0851. The highest BCUT2D eigenvalue weighted by molar-refractivity contribution is 5.97. The van der Waals surface area contributed by atoms with E-state index in [0.29, 0.717) is 24.1 Å². The van der Waals surface area contributed by atoms with E-state index in [4.69, 9.17) is 0 Å². The van der Waals surface area contributed by atoms with Crippen molar-refractivity contribution in [2.45, 2.75) is 38.6 Å². The van der Waals surface area contributed by atoms with Gasteiger partial charge in [0.25, 0.3) is 0 Å². The molecule has 0 bridgehead atoms. The van der Waals surface area contributed by atoms with Crippen LogP contribution in [-0.4, -0.2) is 30.3 Å². The first-order valence-corrected chi connectivity index (χ1v) is 7.07. The molecule has 2 nitrogen and oxygen atoms in total. The largest absolute Gasteiger partial charge is 0.296 e. The van der Waals surface area contributed by atoms with Crippen LogP contribution in [0.4, 0.5) is 4.39 Å². The van der Waals surface area contributed by atoms with E-state index in [2.05, 4.69) is 11.8 Å². The predicted molar refractivity (Wildman–Crippen MR) is 74.8 cm³/mol. The Balaban J connectivity index is 1.98. The van der Waals surface area contributed by atoms with Crippen LogP contribution in [0.2, 0.25) is 0 Å². The third kappa shape index (κ3) is 3.63. The Hall–Kier alpha value is -1.22. The molecule has 0 aliphatic heterocycles. The number of ketones is 1. The molecule has 0 radical (unpaired) electrons. The Kier molecular flexibility index (Phi) is 4.70. The second kappa shape index (κ2) is 6.29. The Labute approximate surface area is 114 Å². The number of rotatable bonds is 4. The molecule has 0 spiro atoms. The van der Waals surface area contributed by atoms with Crippen LogP contribution in [0.25, 0.3) is 0 Å². The van der Waals surface area contributed by atoms with Crippen LogP contribution in [0.1, 0.15) is 43.0 Å². The van der Waals surface area contributed by atoms with Crippen LogP contribution in [-0.2, 0) is 0 Å². The molecule has 1 fully saturated rings. The predicted octanol–water partition coefficient (Wildman–Crippen LogP) is 3.52. The standard InChI is InChI=1S/C16H22FNO/c1-12-6-3-4-9-15(12)18(2)11-16(19)13-7-5-8-14(17)10-13/h5,7-8,10,12,15H,3-4,6,9,11H2,1-2H3. The summed E-state index contributed by atoms with van der Waals surface area (Å²) in [7, 11) is 2.00. The molecule has 0 N–H and O–H groups in total. The molecular formula is C16H22FNO. The van der Waals surface area contributed by atoms with E-state index in [1.54, 1.807) is 12.1 Å². The molecule has 0 aromatic heterocycles. The summed E-state index contributed by atoms with van der Waals surface area (Å²) in [5.41, 5.74) is 0.468. The Morgan fingerprint density at radius 3 is 2.79 bits per heavy atom. The van der Waals surface area contributed by atoms with E-state index in [0.717, 1.165) is 6.42 Å². The fraction of sp³-hybridized carbons (Fsp3) is 0.562. The van der Waals surface area contributed by atoms with Crippen LogP contribution in [0.5, 0.6) is 0 Å². The summed E-state index contributed by atoms with van der Waals surface area (Å²) < 4.78 is 13.1. The van der Waals surface area contributed by atoms with Gasteiger partial charge in [-0.15, -0.1) is 0 Å². The van der Waals surface area contributed by atoms with Crippen molar-refractivity contribution < 1.29 is 9.18 Å². The maximum atomic E-state index is 13.1. The summed E-state index contributed by atoms with van der Waals surface area (Å²) in [6.07, 6.45) is 4.94. The number of hydrogen-bond donors (Lipinski definition) is 0. The maximum Gasteiger partial charge on any atom is 0.176 e. The highest BCUT2D eigenvalue weighted by Crippen LogP contribution is 2.27. The number of carbonyl (C=O) groups is 1. The molecule has 3 heteroatoms. The van der Waals surface area contributed by atoms with Crippen LogP contribution in [0.3, 0.4) is 0 Å². The van der Waals surface area contributed by atoms with Crippen LogP contribution < -0.4 is 0 Å². The number of nitrogens with zero attached hydrogens (tertiary/aromatic N) is 1. The molecule has 1 saturated carbocycles. The van der Waals surface area contributed by atoms with Crippen LogP contribution in [0, 0.1) is 11.7 Å². The fourth-order valence-corrected chi connectivity index (χ4v) is 3.05. The van der Waals surface area contributed by atoms with Gasteiger partial charge in [0.1, 0.15) is 5.82 Å². The first kappa shape index (κ1) is 14.2. The lowest BCUT2D eigenvalue weighted by atomic mass is 9.85. The molecular weight excluding hydrogens is 241 g/mol. The molecule has 104 valence electrons. The minimum absolute atomic E-state index is 0.000210. The zero-order valence-electron chi connectivity index (χ0n) is 11.7. The van der Waals surface area contributed by atoms with Crippen LogP contribution in [0.15, 0.2) is 24.3 Å². The molecule has 0 saturated heterocycles. The van der Waals surface area contributed by atoms with Crippen molar-refractivity contribution in [1.82, 2.24) is 4.90 Å². The SMILES string of the molecule is CC1CCCCC1N(C)CC(=O)c1cccc(F)c1. The molecule has 1 aromatic carbocycles. The van der Waals surface area contributed by atoms with Gasteiger partial charge in [0.2, 0.25) is 0 Å². The minimum atomic E-state index is -0.348. The summed E-state index contributed by atoms with van der Waals surface area (Å²) in [5.74, 6) is 0.290. The number of benzene rings is 1. The second-order valence-electron chi connectivity index (χ2n) is 5.68. The van der Waals surface area contributed by atoms with Crippen LogP contribution >= 0.6 is 0 Å². The first-order valence-electron chi connectivity index (χ1n) is 7.07. The Morgan fingerprint density at radius 1 is 1.37 bits per heavy atom. The summed E-state index contributed by atoms with van der Waals surface area (Å²) in [6, 6.07) is 6.44. The molecule has 0 amide bonds. The van der Waals surface area contributed by atoms with Gasteiger partial charge < -0.3 is 0 Å². The van der Waals surface area contributed by atoms with Crippen molar-refractivity contribution >= 4 is 5.78 Å². The Bertz CT molecular complexity index is 446. The molecule has 19 heavy (non-hydrogen) atoms. The van der Waals surface area contributed by atoms with E-state index in [-0.39, 0.29) is 11.6 Å². The monoisotopic (exact) mass is 263 g/mol. The normalized spacial score (nSPS) is 23.6. The lowest BCUT2D eigenvalue weighted by Gasteiger charge is -2.35. The van der Waals surface area contributed by atoms with Crippen molar-refractivity contribution in [2.75, 3.05) is 13.6 Å². The zero-order chi connectivity index (χ0) is 13.8. The summed E-state index contributed by atoms with van der Waals surface area (Å²) in [5, 5.41) is 0. The Morgan fingerprint density at radius 2 is 2.11 bits per heavy atom. The van der Waals surface area contributed by atoms with Crippen molar-refractivity contribution in [2.24, 2.45) is 5.92 Å². The molecule has 0 heterocycles. The minimum Gasteiger partial charge on any atom is -0.296 e. The van der Waals surface area contributed by atoms with Gasteiger partial charge in [0.05, 0.1) is 6.54 Å². The van der Waals surface area contributed by atoms with Crippen molar-refractivity contribution in [3.05, 3.63) is 35.6 Å². The van der Waals surface area contributed by atoms with Gasteiger partial charge in [-0.25, -0.2) is 4.39 Å². The average Bonchev–Trinajstić information content (AvgIpc) is 2.39. The highest BCUT2D eigenvalue weighted by atomic mass is 19.1. The summed E-state index contributed by atoms with van der Waals surface area (Å²) in [6.45, 7) is 2.63. The molecule has 2 rings (SSSR count). The smallest absolute Gasteiger partial charge is 0.176 e. The highest BCUT2D eigenvalue weighted by Gasteiger charge is 2.26. The van der Waals surface area contributed by atoms with Gasteiger partial charge in [-0.05, 0) is 37.9 Å². The molecule has 2 atom stereocenters. The average molecular weight is 263 g/mol. The number of likely N-dealkylation sites (N-methyl/N-ethyl adjacent to an activating group) is 1. The van der Waals surface area contributed by atoms with Crippen molar-refractivity contribution in [3.63, 3.8) is 0 Å². The summed E-state index contributed by atoms with van der Waals surface area (Å²) in [4.78, 5) is 14.3. The van der Waals surface area contributed by atoms with Gasteiger partial charge in [-0.1, -0.05) is 31.9 Å². The van der Waals surface area contributed by atoms with Gasteiger partial charge >= 0.3 is 0 Å². The van der Waals surface area contributed by atoms with E-state index in [1.807, 2.05) is 7.05 Å². The van der Waals surface area contributed by atoms with E-state index >= 15 is 0 Å².